The van der Waals surface area contributed by atoms with Crippen molar-refractivity contribution in [3.05, 3.63) is 47.7 Å². The van der Waals surface area contributed by atoms with E-state index in [0.29, 0.717) is 34.1 Å². The first-order chi connectivity index (χ1) is 12.7. The van der Waals surface area contributed by atoms with Crippen LogP contribution in [0.1, 0.15) is 21.8 Å². The fourth-order valence-corrected chi connectivity index (χ4v) is 3.78. The molecule has 2 atom stereocenters. The Labute approximate surface area is 149 Å². The average Bonchev–Trinajstić information content (AvgIpc) is 3.15. The van der Waals surface area contributed by atoms with E-state index in [-0.39, 0.29) is 12.4 Å². The largest absolute Gasteiger partial charge is 0.493 e. The number of Topliss-reactive ketones (excluding diaryl/α,β-unsaturated/α-hetero) is 1. The molecule has 5 rings (SSSR count). The molecule has 26 heavy (non-hydrogen) atoms. The first-order valence-electron chi connectivity index (χ1n) is 8.31. The number of carbonyl (C=O) groups excluding carboxylic acids is 1. The summed E-state index contributed by atoms with van der Waals surface area (Å²) < 4.78 is 28.2. The van der Waals surface area contributed by atoms with Gasteiger partial charge in [0, 0.05) is 11.6 Å². The number of rotatable bonds is 2. The van der Waals surface area contributed by atoms with E-state index in [1.165, 1.54) is 0 Å². The molecule has 2 aliphatic rings. The van der Waals surface area contributed by atoms with Gasteiger partial charge < -0.3 is 23.4 Å². The highest BCUT2D eigenvalue weighted by molar-refractivity contribution is 6.09. The smallest absolute Gasteiger partial charge is 0.178 e. The quantitative estimate of drug-likeness (QED) is 0.702. The zero-order chi connectivity index (χ0) is 17.8. The van der Waals surface area contributed by atoms with Gasteiger partial charge in [-0.25, -0.2) is 0 Å². The van der Waals surface area contributed by atoms with Gasteiger partial charge in [0.1, 0.15) is 29.8 Å². The molecular weight excluding hydrogens is 336 g/mol. The van der Waals surface area contributed by atoms with Crippen LogP contribution in [0.5, 0.6) is 23.0 Å². The number of methoxy groups -OCH3 is 2. The van der Waals surface area contributed by atoms with Gasteiger partial charge in [0.25, 0.3) is 0 Å². The molecule has 0 radical (unpaired) electrons. The van der Waals surface area contributed by atoms with Crippen molar-refractivity contribution in [2.45, 2.75) is 12.0 Å². The van der Waals surface area contributed by atoms with Crippen LogP contribution in [0.15, 0.2) is 41.0 Å². The molecule has 6 nitrogen and oxygen atoms in total. The molecule has 6 heteroatoms. The maximum absolute atomic E-state index is 13.3. The molecular formula is C20H16O6. The van der Waals surface area contributed by atoms with E-state index in [4.69, 9.17) is 23.4 Å². The van der Waals surface area contributed by atoms with Gasteiger partial charge in [-0.15, -0.1) is 0 Å². The van der Waals surface area contributed by atoms with E-state index in [9.17, 15) is 4.79 Å². The van der Waals surface area contributed by atoms with Crippen LogP contribution in [-0.2, 0) is 0 Å². The summed E-state index contributed by atoms with van der Waals surface area (Å²) in [7, 11) is 3.13. The fraction of sp³-hybridized carbons (Fsp3) is 0.250. The van der Waals surface area contributed by atoms with Crippen molar-refractivity contribution in [3.63, 3.8) is 0 Å². The van der Waals surface area contributed by atoms with Crippen molar-refractivity contribution in [2.24, 2.45) is 0 Å². The summed E-state index contributed by atoms with van der Waals surface area (Å²) in [5.41, 5.74) is 2.00. The molecule has 0 unspecified atom stereocenters. The van der Waals surface area contributed by atoms with Crippen LogP contribution in [0.3, 0.4) is 0 Å². The second-order valence-electron chi connectivity index (χ2n) is 6.33. The molecule has 0 N–H and O–H groups in total. The summed E-state index contributed by atoms with van der Waals surface area (Å²) in [5.74, 6) is 1.86. The lowest BCUT2D eigenvalue weighted by molar-refractivity contribution is 0.0566. The van der Waals surface area contributed by atoms with Gasteiger partial charge in [-0.1, -0.05) is 0 Å². The minimum Gasteiger partial charge on any atom is -0.493 e. The summed E-state index contributed by atoms with van der Waals surface area (Å²) >= 11 is 0. The molecule has 2 aromatic carbocycles. The van der Waals surface area contributed by atoms with Crippen molar-refractivity contribution >= 4 is 16.8 Å². The number of hydrogen-bond donors (Lipinski definition) is 0. The molecule has 0 saturated heterocycles. The lowest BCUT2D eigenvalue weighted by Gasteiger charge is -2.37. The average molecular weight is 352 g/mol. The highest BCUT2D eigenvalue weighted by Crippen LogP contribution is 2.48. The summed E-state index contributed by atoms with van der Waals surface area (Å²) in [5, 5.41) is 0.799. The second-order valence-corrected chi connectivity index (χ2v) is 6.33. The Hall–Kier alpha value is -3.15. The molecule has 3 heterocycles. The van der Waals surface area contributed by atoms with Crippen LogP contribution < -0.4 is 18.9 Å². The Kier molecular flexibility index (Phi) is 3.16. The molecule has 0 fully saturated rings. The third kappa shape index (κ3) is 1.95. The van der Waals surface area contributed by atoms with E-state index in [0.717, 1.165) is 10.9 Å². The predicted octanol–water partition coefficient (Wildman–Crippen LogP) is 3.57. The Balaban J connectivity index is 1.67. The minimum absolute atomic E-state index is 0.0103. The first kappa shape index (κ1) is 15.1. The topological polar surface area (TPSA) is 67.1 Å². The molecule has 0 bridgehead atoms. The van der Waals surface area contributed by atoms with E-state index >= 15 is 0 Å². The number of benzene rings is 2. The van der Waals surface area contributed by atoms with Crippen molar-refractivity contribution in [1.82, 2.24) is 0 Å². The van der Waals surface area contributed by atoms with Crippen molar-refractivity contribution in [2.75, 3.05) is 20.8 Å². The Morgan fingerprint density at radius 1 is 1.08 bits per heavy atom. The van der Waals surface area contributed by atoms with E-state index in [1.807, 2.05) is 6.07 Å². The summed E-state index contributed by atoms with van der Waals surface area (Å²) in [6.45, 7) is 0.284. The minimum atomic E-state index is -0.449. The van der Waals surface area contributed by atoms with Gasteiger partial charge in [0.2, 0.25) is 0 Å². The fourth-order valence-electron chi connectivity index (χ4n) is 3.78. The summed E-state index contributed by atoms with van der Waals surface area (Å²) in [6, 6.07) is 8.92. The van der Waals surface area contributed by atoms with Crippen LogP contribution in [0.2, 0.25) is 0 Å². The van der Waals surface area contributed by atoms with Gasteiger partial charge in [0.15, 0.2) is 17.3 Å². The normalized spacial score (nSPS) is 20.5. The van der Waals surface area contributed by atoms with Gasteiger partial charge in [-0.05, 0) is 24.3 Å². The van der Waals surface area contributed by atoms with Gasteiger partial charge in [-0.2, -0.15) is 0 Å². The van der Waals surface area contributed by atoms with Crippen LogP contribution in [0.25, 0.3) is 11.0 Å². The van der Waals surface area contributed by atoms with Gasteiger partial charge in [-0.3, -0.25) is 4.79 Å². The van der Waals surface area contributed by atoms with Gasteiger partial charge in [0.05, 0.1) is 37.4 Å². The number of carbonyl (C=O) groups is 1. The van der Waals surface area contributed by atoms with Crippen LogP contribution in [0, 0.1) is 0 Å². The molecule has 1 aromatic heterocycles. The molecule has 132 valence electrons. The summed E-state index contributed by atoms with van der Waals surface area (Å²) in [4.78, 5) is 13.3. The zero-order valence-electron chi connectivity index (χ0n) is 14.3. The third-order valence-electron chi connectivity index (χ3n) is 5.03. The van der Waals surface area contributed by atoms with Crippen molar-refractivity contribution in [3.8, 4) is 23.0 Å². The molecule has 2 aliphatic heterocycles. The maximum Gasteiger partial charge on any atom is 0.178 e. The predicted molar refractivity (Wildman–Crippen MR) is 92.7 cm³/mol. The number of ether oxygens (including phenoxy) is 4. The SMILES string of the molecule is COc1cc2c(cc1OC)[C@H]1C(=O)c3ccc4occc4c3O[C@@H]1CO2. The second kappa shape index (κ2) is 5.42. The van der Waals surface area contributed by atoms with E-state index < -0.39 is 12.0 Å². The Morgan fingerprint density at radius 2 is 1.88 bits per heavy atom. The third-order valence-corrected chi connectivity index (χ3v) is 5.03. The highest BCUT2D eigenvalue weighted by Gasteiger charge is 2.44. The molecule has 0 aliphatic carbocycles. The number of furan rings is 1. The van der Waals surface area contributed by atoms with Crippen LogP contribution >= 0.6 is 0 Å². The lowest BCUT2D eigenvalue weighted by atomic mass is 9.81. The van der Waals surface area contributed by atoms with Crippen molar-refractivity contribution in [1.29, 1.82) is 0 Å². The number of ketones is 1. The van der Waals surface area contributed by atoms with Gasteiger partial charge >= 0.3 is 0 Å². The van der Waals surface area contributed by atoms with E-state index in [2.05, 4.69) is 0 Å². The molecule has 0 saturated carbocycles. The molecule has 3 aromatic rings. The van der Waals surface area contributed by atoms with Crippen LogP contribution in [-0.4, -0.2) is 32.7 Å². The summed E-state index contributed by atoms with van der Waals surface area (Å²) in [6.07, 6.45) is 1.19. The molecule has 0 spiro atoms. The standard InChI is InChI=1S/C20H16O6/c1-22-15-7-12-14(8-16(15)23-2)25-9-17-18(12)19(21)11-3-4-13-10(5-6-24-13)20(11)26-17/h3-8,17-18H,9H2,1-2H3/t17-,18-/m1/s1. The Morgan fingerprint density at radius 3 is 2.69 bits per heavy atom. The monoisotopic (exact) mass is 352 g/mol. The maximum atomic E-state index is 13.3. The van der Waals surface area contributed by atoms with Crippen LogP contribution in [0.4, 0.5) is 0 Å². The number of hydrogen-bond acceptors (Lipinski definition) is 6. The van der Waals surface area contributed by atoms with Crippen molar-refractivity contribution < 1.29 is 28.2 Å². The zero-order valence-corrected chi connectivity index (χ0v) is 14.3. The number of fused-ring (bicyclic) bond motifs is 6. The highest BCUT2D eigenvalue weighted by atomic mass is 16.5. The first-order valence-corrected chi connectivity index (χ1v) is 8.31. The lowest BCUT2D eigenvalue weighted by Crippen LogP contribution is -2.43. The Bertz CT molecular complexity index is 1030. The molecule has 0 amide bonds. The van der Waals surface area contributed by atoms with E-state index in [1.54, 1.807) is 44.7 Å².